The van der Waals surface area contributed by atoms with Gasteiger partial charge in [0.25, 0.3) is 0 Å². The number of aliphatic carboxylic acids is 1. The molecule has 1 aliphatic heterocycles. The summed E-state index contributed by atoms with van der Waals surface area (Å²) in [6.07, 6.45) is 3.33. The topological polar surface area (TPSA) is 40.5 Å². The zero-order valence-corrected chi connectivity index (χ0v) is 13.8. The van der Waals surface area contributed by atoms with Crippen LogP contribution in [0.5, 0.6) is 0 Å². The minimum Gasteiger partial charge on any atom is -0.481 e. The molecule has 1 saturated heterocycles. The fourth-order valence-electron chi connectivity index (χ4n) is 3.22. The van der Waals surface area contributed by atoms with Gasteiger partial charge >= 0.3 is 5.97 Å². The highest BCUT2D eigenvalue weighted by molar-refractivity contribution is 6.42. The van der Waals surface area contributed by atoms with Crippen LogP contribution in [0.4, 0.5) is 0 Å². The van der Waals surface area contributed by atoms with Crippen molar-refractivity contribution in [3.63, 3.8) is 0 Å². The average Bonchev–Trinajstić information content (AvgIpc) is 2.43. The lowest BCUT2D eigenvalue weighted by molar-refractivity contribution is -0.153. The van der Waals surface area contributed by atoms with E-state index in [0.29, 0.717) is 16.6 Å². The highest BCUT2D eigenvalue weighted by Gasteiger charge is 2.41. The SMILES string of the molecule is CCCC1(C(=O)O)CCCN(Cc2ccc(Cl)c(Cl)c2)C1. The van der Waals surface area contributed by atoms with Crippen molar-refractivity contribution in [3.05, 3.63) is 33.8 Å². The van der Waals surface area contributed by atoms with Crippen LogP contribution in [0.25, 0.3) is 0 Å². The molecule has 0 radical (unpaired) electrons. The first-order chi connectivity index (χ1) is 9.97. The second-order valence-corrected chi connectivity index (χ2v) is 6.71. The zero-order valence-electron chi connectivity index (χ0n) is 12.2. The molecule has 5 heteroatoms. The summed E-state index contributed by atoms with van der Waals surface area (Å²) in [7, 11) is 0. The van der Waals surface area contributed by atoms with E-state index in [1.54, 1.807) is 6.07 Å². The lowest BCUT2D eigenvalue weighted by Gasteiger charge is -2.40. The normalized spacial score (nSPS) is 23.2. The third-order valence-electron chi connectivity index (χ3n) is 4.23. The maximum Gasteiger partial charge on any atom is 0.310 e. The van der Waals surface area contributed by atoms with Gasteiger partial charge < -0.3 is 5.11 Å². The smallest absolute Gasteiger partial charge is 0.310 e. The van der Waals surface area contributed by atoms with E-state index in [1.165, 1.54) is 0 Å². The Labute approximate surface area is 135 Å². The van der Waals surface area contributed by atoms with Crippen LogP contribution in [-0.4, -0.2) is 29.1 Å². The molecule has 0 saturated carbocycles. The van der Waals surface area contributed by atoms with E-state index in [2.05, 4.69) is 4.90 Å². The van der Waals surface area contributed by atoms with Crippen LogP contribution in [0.2, 0.25) is 10.0 Å². The van der Waals surface area contributed by atoms with Gasteiger partial charge in [0.2, 0.25) is 0 Å². The van der Waals surface area contributed by atoms with Crippen LogP contribution in [0, 0.1) is 5.41 Å². The minimum absolute atomic E-state index is 0.546. The third kappa shape index (κ3) is 3.91. The van der Waals surface area contributed by atoms with Gasteiger partial charge in [-0.05, 0) is 43.5 Å². The number of carboxylic acids is 1. The molecule has 1 fully saturated rings. The lowest BCUT2D eigenvalue weighted by atomic mass is 9.76. The Hall–Kier alpha value is -0.770. The first kappa shape index (κ1) is 16.6. The molecule has 2 rings (SSSR count). The van der Waals surface area contributed by atoms with E-state index < -0.39 is 11.4 Å². The quantitative estimate of drug-likeness (QED) is 0.866. The van der Waals surface area contributed by atoms with Crippen molar-refractivity contribution in [1.29, 1.82) is 0 Å². The van der Waals surface area contributed by atoms with Crippen molar-refractivity contribution < 1.29 is 9.90 Å². The van der Waals surface area contributed by atoms with Crippen LogP contribution in [0.3, 0.4) is 0 Å². The van der Waals surface area contributed by atoms with Gasteiger partial charge in [-0.2, -0.15) is 0 Å². The first-order valence-electron chi connectivity index (χ1n) is 7.36. The summed E-state index contributed by atoms with van der Waals surface area (Å²) in [5.74, 6) is -0.664. The first-order valence-corrected chi connectivity index (χ1v) is 8.12. The molecular weight excluding hydrogens is 309 g/mol. The Kier molecular flexibility index (Phi) is 5.53. The molecule has 1 unspecified atom stereocenters. The Morgan fingerprint density at radius 1 is 1.38 bits per heavy atom. The number of carboxylic acid groups (broad SMARTS) is 1. The zero-order chi connectivity index (χ0) is 15.5. The summed E-state index contributed by atoms with van der Waals surface area (Å²) >= 11 is 12.0. The Bertz CT molecular complexity index is 517. The van der Waals surface area contributed by atoms with E-state index in [4.69, 9.17) is 23.2 Å². The van der Waals surface area contributed by atoms with Gasteiger partial charge in [-0.15, -0.1) is 0 Å². The molecule has 21 heavy (non-hydrogen) atoms. The summed E-state index contributed by atoms with van der Waals surface area (Å²) in [6.45, 7) is 4.30. The van der Waals surface area contributed by atoms with Gasteiger partial charge in [-0.3, -0.25) is 9.69 Å². The van der Waals surface area contributed by atoms with Crippen LogP contribution in [0.15, 0.2) is 18.2 Å². The summed E-state index contributed by atoms with van der Waals surface area (Å²) in [5, 5.41) is 10.7. The van der Waals surface area contributed by atoms with E-state index in [0.717, 1.165) is 44.3 Å². The van der Waals surface area contributed by atoms with Crippen LogP contribution in [-0.2, 0) is 11.3 Å². The molecule has 1 atom stereocenters. The lowest BCUT2D eigenvalue weighted by Crippen LogP contribution is -2.47. The molecule has 0 spiro atoms. The van der Waals surface area contributed by atoms with Crippen molar-refractivity contribution in [2.24, 2.45) is 5.41 Å². The largest absolute Gasteiger partial charge is 0.481 e. The monoisotopic (exact) mass is 329 g/mol. The Morgan fingerprint density at radius 3 is 2.76 bits per heavy atom. The minimum atomic E-state index is -0.664. The van der Waals surface area contributed by atoms with E-state index in [9.17, 15) is 9.90 Å². The van der Waals surface area contributed by atoms with Crippen molar-refractivity contribution in [2.75, 3.05) is 13.1 Å². The predicted octanol–water partition coefficient (Wildman–Crippen LogP) is 4.46. The average molecular weight is 330 g/mol. The Balaban J connectivity index is 2.09. The van der Waals surface area contributed by atoms with Crippen molar-refractivity contribution in [2.45, 2.75) is 39.2 Å². The standard InChI is InChI=1S/C16H21Cl2NO2/c1-2-6-16(15(20)21)7-3-8-19(11-16)10-12-4-5-13(17)14(18)9-12/h4-5,9H,2-3,6-8,10-11H2,1H3,(H,20,21). The molecule has 1 aliphatic rings. The van der Waals surface area contributed by atoms with E-state index >= 15 is 0 Å². The molecule has 0 bridgehead atoms. The number of hydrogen-bond donors (Lipinski definition) is 1. The van der Waals surface area contributed by atoms with Crippen molar-refractivity contribution in [3.8, 4) is 0 Å². The van der Waals surface area contributed by atoms with E-state index in [-0.39, 0.29) is 0 Å². The molecule has 1 heterocycles. The molecule has 116 valence electrons. The van der Waals surface area contributed by atoms with Gasteiger partial charge in [-0.25, -0.2) is 0 Å². The highest BCUT2D eigenvalue weighted by Crippen LogP contribution is 2.35. The number of piperidine rings is 1. The molecule has 1 aromatic rings. The van der Waals surface area contributed by atoms with Gasteiger partial charge in [0, 0.05) is 13.1 Å². The van der Waals surface area contributed by atoms with Crippen LogP contribution < -0.4 is 0 Å². The van der Waals surface area contributed by atoms with Crippen LogP contribution in [0.1, 0.15) is 38.2 Å². The molecule has 0 amide bonds. The summed E-state index contributed by atoms with van der Waals surface area (Å²) in [5.41, 5.74) is 0.477. The maximum atomic E-state index is 11.7. The van der Waals surface area contributed by atoms with Gasteiger partial charge in [0.1, 0.15) is 0 Å². The maximum absolute atomic E-state index is 11.7. The van der Waals surface area contributed by atoms with Gasteiger partial charge in [-0.1, -0.05) is 42.6 Å². The fourth-order valence-corrected chi connectivity index (χ4v) is 3.54. The molecule has 3 nitrogen and oxygen atoms in total. The molecule has 1 N–H and O–H groups in total. The van der Waals surface area contributed by atoms with Crippen LogP contribution >= 0.6 is 23.2 Å². The molecule has 0 aromatic heterocycles. The summed E-state index contributed by atoms with van der Waals surface area (Å²) in [6, 6.07) is 5.60. The second kappa shape index (κ2) is 6.99. The van der Waals surface area contributed by atoms with E-state index in [1.807, 2.05) is 19.1 Å². The number of rotatable bonds is 5. The number of benzene rings is 1. The summed E-state index contributed by atoms with van der Waals surface area (Å²) < 4.78 is 0. The predicted molar refractivity (Wildman–Crippen MR) is 85.9 cm³/mol. The fraction of sp³-hybridized carbons (Fsp3) is 0.562. The summed E-state index contributed by atoms with van der Waals surface area (Å²) in [4.78, 5) is 13.9. The molecule has 0 aliphatic carbocycles. The number of carbonyl (C=O) groups is 1. The van der Waals surface area contributed by atoms with Crippen molar-refractivity contribution >= 4 is 29.2 Å². The van der Waals surface area contributed by atoms with Gasteiger partial charge in [0.05, 0.1) is 15.5 Å². The third-order valence-corrected chi connectivity index (χ3v) is 4.97. The number of halogens is 2. The highest BCUT2D eigenvalue weighted by atomic mass is 35.5. The number of nitrogens with zero attached hydrogens (tertiary/aromatic N) is 1. The van der Waals surface area contributed by atoms with Gasteiger partial charge in [0.15, 0.2) is 0 Å². The number of hydrogen-bond acceptors (Lipinski definition) is 2. The number of likely N-dealkylation sites (tertiary alicyclic amines) is 1. The van der Waals surface area contributed by atoms with Crippen molar-refractivity contribution in [1.82, 2.24) is 4.90 Å². The second-order valence-electron chi connectivity index (χ2n) is 5.90. The molecule has 1 aromatic carbocycles. The molecular formula is C16H21Cl2NO2. The Morgan fingerprint density at radius 2 is 2.14 bits per heavy atom.